The summed E-state index contributed by atoms with van der Waals surface area (Å²) in [4.78, 5) is 21.8. The standard InChI is InChI=1S/C28H53N2O5P/c1-5-9-10-11-12-13-14-15-16-17-18-19-20-21-22-23-28(31)29-24-26-34-36(32,33)35-27-25-30(6-2,7-3)8-4/h9-10,12-13,15-16H,5-8,11,14,17-27H2,1-4H3,(H-,29,31,32,33)/p+1. The number of unbranched alkanes of at least 4 members (excludes halogenated alkanes) is 5. The molecule has 1 atom stereocenters. The minimum absolute atomic E-state index is 0.0476. The highest BCUT2D eigenvalue weighted by Crippen LogP contribution is 2.42. The number of phosphoric ester groups is 1. The number of quaternary nitrogens is 1. The van der Waals surface area contributed by atoms with E-state index in [0.29, 0.717) is 13.0 Å². The van der Waals surface area contributed by atoms with Crippen LogP contribution in [0.3, 0.4) is 0 Å². The van der Waals surface area contributed by atoms with Crippen LogP contribution in [0.15, 0.2) is 36.5 Å². The molecule has 210 valence electrons. The molecule has 0 rings (SSSR count). The van der Waals surface area contributed by atoms with E-state index in [0.717, 1.165) is 69.1 Å². The fourth-order valence-corrected chi connectivity index (χ4v) is 4.59. The zero-order chi connectivity index (χ0) is 27.0. The van der Waals surface area contributed by atoms with Crippen molar-refractivity contribution in [3.05, 3.63) is 36.5 Å². The third-order valence-corrected chi connectivity index (χ3v) is 7.58. The summed E-state index contributed by atoms with van der Waals surface area (Å²) in [6.45, 7) is 12.3. The molecule has 0 fully saturated rings. The number of carbonyl (C=O) groups excluding carboxylic acids is 1. The first-order chi connectivity index (χ1) is 17.3. The van der Waals surface area contributed by atoms with Crippen molar-refractivity contribution < 1.29 is 27.8 Å². The maximum atomic E-state index is 12.0. The molecular weight excluding hydrogens is 475 g/mol. The van der Waals surface area contributed by atoms with Crippen molar-refractivity contribution in [1.82, 2.24) is 5.32 Å². The van der Waals surface area contributed by atoms with E-state index < -0.39 is 7.82 Å². The van der Waals surface area contributed by atoms with Gasteiger partial charge in [0.1, 0.15) is 13.2 Å². The molecule has 7 nitrogen and oxygen atoms in total. The van der Waals surface area contributed by atoms with Crippen molar-refractivity contribution in [1.29, 1.82) is 0 Å². The minimum atomic E-state index is -4.10. The largest absolute Gasteiger partial charge is 0.472 e. The van der Waals surface area contributed by atoms with Crippen molar-refractivity contribution in [3.63, 3.8) is 0 Å². The predicted molar refractivity (Wildman–Crippen MR) is 151 cm³/mol. The number of phosphoric acid groups is 1. The number of carbonyl (C=O) groups is 1. The lowest BCUT2D eigenvalue weighted by Crippen LogP contribution is -2.49. The Labute approximate surface area is 221 Å². The van der Waals surface area contributed by atoms with Crippen LogP contribution in [-0.2, 0) is 18.4 Å². The third kappa shape index (κ3) is 19.9. The van der Waals surface area contributed by atoms with Gasteiger partial charge in [-0.15, -0.1) is 0 Å². The van der Waals surface area contributed by atoms with Gasteiger partial charge in [0, 0.05) is 13.0 Å². The van der Waals surface area contributed by atoms with Crippen LogP contribution in [0.1, 0.15) is 91.9 Å². The Morgan fingerprint density at radius 1 is 0.806 bits per heavy atom. The summed E-state index contributed by atoms with van der Waals surface area (Å²) in [5.74, 6) is -0.0515. The lowest BCUT2D eigenvalue weighted by atomic mass is 10.1. The SMILES string of the molecule is CCC=CCC=CCC=CCCCCCCCC(=O)NCCOP(=O)(O)OCC[N+](CC)(CC)CC. The Hall–Kier alpha value is -1.24. The van der Waals surface area contributed by atoms with Crippen LogP contribution in [0.25, 0.3) is 0 Å². The van der Waals surface area contributed by atoms with Gasteiger partial charge in [-0.25, -0.2) is 4.57 Å². The molecule has 0 aliphatic rings. The number of allylic oxidation sites excluding steroid dienone is 6. The first-order valence-electron chi connectivity index (χ1n) is 14.0. The summed E-state index contributed by atoms with van der Waals surface area (Å²) in [5.41, 5.74) is 0. The molecule has 0 saturated carbocycles. The van der Waals surface area contributed by atoms with Gasteiger partial charge in [0.15, 0.2) is 0 Å². The first kappa shape index (κ1) is 34.8. The highest BCUT2D eigenvalue weighted by Gasteiger charge is 2.25. The van der Waals surface area contributed by atoms with E-state index in [-0.39, 0.29) is 25.7 Å². The molecule has 0 radical (unpaired) electrons. The van der Waals surface area contributed by atoms with Crippen molar-refractivity contribution in [2.75, 3.05) is 45.9 Å². The second-order valence-corrected chi connectivity index (χ2v) is 10.6. The summed E-state index contributed by atoms with van der Waals surface area (Å²) in [6.07, 6.45) is 23.4. The van der Waals surface area contributed by atoms with Crippen LogP contribution < -0.4 is 5.32 Å². The van der Waals surface area contributed by atoms with Crippen LogP contribution in [0.4, 0.5) is 0 Å². The second kappa shape index (κ2) is 22.9. The molecule has 36 heavy (non-hydrogen) atoms. The van der Waals surface area contributed by atoms with E-state index in [2.05, 4.69) is 69.5 Å². The molecule has 0 heterocycles. The number of nitrogens with one attached hydrogen (secondary N) is 1. The molecule has 8 heteroatoms. The number of amides is 1. The van der Waals surface area contributed by atoms with Gasteiger partial charge in [0.2, 0.25) is 5.91 Å². The van der Waals surface area contributed by atoms with E-state index in [1.807, 2.05) is 0 Å². The maximum Gasteiger partial charge on any atom is 0.472 e. The summed E-state index contributed by atoms with van der Waals surface area (Å²) in [7, 11) is -4.10. The zero-order valence-electron chi connectivity index (χ0n) is 23.5. The summed E-state index contributed by atoms with van der Waals surface area (Å²) in [6, 6.07) is 0. The van der Waals surface area contributed by atoms with Crippen LogP contribution in [0, 0.1) is 0 Å². The van der Waals surface area contributed by atoms with Gasteiger partial charge in [-0.1, -0.05) is 62.6 Å². The van der Waals surface area contributed by atoms with Crippen LogP contribution in [0.2, 0.25) is 0 Å². The molecule has 0 aromatic heterocycles. The molecule has 1 amide bonds. The Morgan fingerprint density at radius 2 is 1.36 bits per heavy atom. The average molecular weight is 530 g/mol. The normalized spacial score (nSPS) is 14.2. The molecule has 0 saturated heterocycles. The number of nitrogens with zero attached hydrogens (tertiary/aromatic N) is 1. The maximum absolute atomic E-state index is 12.0. The highest BCUT2D eigenvalue weighted by molar-refractivity contribution is 7.47. The number of likely N-dealkylation sites (N-methyl/N-ethyl adjacent to an activating group) is 1. The smallest absolute Gasteiger partial charge is 0.354 e. The molecule has 2 N–H and O–H groups in total. The van der Waals surface area contributed by atoms with Crippen LogP contribution >= 0.6 is 7.82 Å². The van der Waals surface area contributed by atoms with Crippen molar-refractivity contribution >= 4 is 13.7 Å². The zero-order valence-corrected chi connectivity index (χ0v) is 24.4. The monoisotopic (exact) mass is 529 g/mol. The Bertz CT molecular complexity index is 667. The topological polar surface area (TPSA) is 84.9 Å². The molecule has 1 unspecified atom stereocenters. The fraction of sp³-hybridized carbons (Fsp3) is 0.750. The van der Waals surface area contributed by atoms with E-state index in [9.17, 15) is 14.3 Å². The lowest BCUT2D eigenvalue weighted by molar-refractivity contribution is -0.923. The quantitative estimate of drug-likeness (QED) is 0.0629. The molecule has 0 aromatic rings. The van der Waals surface area contributed by atoms with Gasteiger partial charge in [-0.05, 0) is 59.3 Å². The van der Waals surface area contributed by atoms with Gasteiger partial charge in [-0.2, -0.15) is 0 Å². The van der Waals surface area contributed by atoms with Crippen LogP contribution in [0.5, 0.6) is 0 Å². The Kier molecular flexibility index (Phi) is 22.1. The van der Waals surface area contributed by atoms with Gasteiger partial charge in [0.05, 0.1) is 26.2 Å². The molecule has 0 aliphatic carbocycles. The lowest BCUT2D eigenvalue weighted by Gasteiger charge is -2.35. The highest BCUT2D eigenvalue weighted by atomic mass is 31.2. The molecule has 0 aromatic carbocycles. The first-order valence-corrected chi connectivity index (χ1v) is 15.5. The average Bonchev–Trinajstić information content (AvgIpc) is 2.87. The third-order valence-electron chi connectivity index (χ3n) is 6.57. The number of hydrogen-bond acceptors (Lipinski definition) is 4. The fourth-order valence-electron chi connectivity index (χ4n) is 3.88. The van der Waals surface area contributed by atoms with Gasteiger partial charge in [-0.3, -0.25) is 13.8 Å². The molecule has 0 aliphatic heterocycles. The Morgan fingerprint density at radius 3 is 2.00 bits per heavy atom. The van der Waals surface area contributed by atoms with E-state index in [4.69, 9.17) is 9.05 Å². The van der Waals surface area contributed by atoms with Crippen molar-refractivity contribution in [3.8, 4) is 0 Å². The van der Waals surface area contributed by atoms with Gasteiger partial charge >= 0.3 is 7.82 Å². The van der Waals surface area contributed by atoms with E-state index in [1.165, 1.54) is 12.8 Å². The van der Waals surface area contributed by atoms with Gasteiger partial charge in [0.25, 0.3) is 0 Å². The second-order valence-electron chi connectivity index (χ2n) is 9.10. The van der Waals surface area contributed by atoms with E-state index in [1.54, 1.807) is 0 Å². The van der Waals surface area contributed by atoms with Crippen molar-refractivity contribution in [2.24, 2.45) is 0 Å². The minimum Gasteiger partial charge on any atom is -0.354 e. The Balaban J connectivity index is 3.68. The number of hydrogen-bond donors (Lipinski definition) is 2. The van der Waals surface area contributed by atoms with Gasteiger partial charge < -0.3 is 14.7 Å². The van der Waals surface area contributed by atoms with E-state index >= 15 is 0 Å². The molecular formula is C28H54N2O5P+. The number of rotatable bonds is 24. The summed E-state index contributed by atoms with van der Waals surface area (Å²) >= 11 is 0. The summed E-state index contributed by atoms with van der Waals surface area (Å²) in [5, 5.41) is 2.74. The molecule has 0 bridgehead atoms. The predicted octanol–water partition coefficient (Wildman–Crippen LogP) is 6.70. The van der Waals surface area contributed by atoms with Crippen molar-refractivity contribution in [2.45, 2.75) is 91.9 Å². The molecule has 0 spiro atoms. The van der Waals surface area contributed by atoms with Crippen LogP contribution in [-0.4, -0.2) is 61.2 Å². The summed E-state index contributed by atoms with van der Waals surface area (Å²) < 4.78 is 22.9.